The first kappa shape index (κ1) is 13.1. The molecule has 0 aromatic heterocycles. The SMILES string of the molecule is C=C[C@H](OCC#Cc1ccccc1)c1ccccc1. The highest BCUT2D eigenvalue weighted by Crippen LogP contribution is 2.17. The maximum absolute atomic E-state index is 5.71. The first-order chi connectivity index (χ1) is 9.40. The molecule has 0 unspecified atom stereocenters. The lowest BCUT2D eigenvalue weighted by molar-refractivity contribution is 0.114. The number of rotatable bonds is 4. The fraction of sp³-hybridized carbons (Fsp3) is 0.111. The molecule has 0 N–H and O–H groups in total. The summed E-state index contributed by atoms with van der Waals surface area (Å²) < 4.78 is 5.71. The normalized spacial score (nSPS) is 11.2. The standard InChI is InChI=1S/C18H16O/c1-2-18(17-13-7-4-8-14-17)19-15-9-12-16-10-5-3-6-11-16/h2-8,10-11,13-14,18H,1,15H2/t18-/m0/s1. The maximum Gasteiger partial charge on any atom is 0.109 e. The maximum atomic E-state index is 5.71. The minimum atomic E-state index is -0.105. The summed E-state index contributed by atoms with van der Waals surface area (Å²) in [5.41, 5.74) is 2.10. The third-order valence-electron chi connectivity index (χ3n) is 2.68. The van der Waals surface area contributed by atoms with E-state index in [-0.39, 0.29) is 6.10 Å². The van der Waals surface area contributed by atoms with Gasteiger partial charge in [-0.2, -0.15) is 0 Å². The molecule has 0 bridgehead atoms. The van der Waals surface area contributed by atoms with Gasteiger partial charge in [0.2, 0.25) is 0 Å². The molecule has 0 aliphatic carbocycles. The van der Waals surface area contributed by atoms with Crippen LogP contribution in [0.4, 0.5) is 0 Å². The Morgan fingerprint density at radius 2 is 1.63 bits per heavy atom. The summed E-state index contributed by atoms with van der Waals surface area (Å²) in [5.74, 6) is 6.08. The van der Waals surface area contributed by atoms with Crippen molar-refractivity contribution in [1.82, 2.24) is 0 Å². The van der Waals surface area contributed by atoms with E-state index in [1.165, 1.54) is 0 Å². The van der Waals surface area contributed by atoms with Crippen molar-refractivity contribution in [3.63, 3.8) is 0 Å². The molecule has 0 aliphatic rings. The predicted molar refractivity (Wildman–Crippen MR) is 78.7 cm³/mol. The van der Waals surface area contributed by atoms with E-state index in [1.807, 2.05) is 60.7 Å². The molecule has 0 radical (unpaired) electrons. The van der Waals surface area contributed by atoms with Crippen molar-refractivity contribution in [2.24, 2.45) is 0 Å². The topological polar surface area (TPSA) is 9.23 Å². The highest BCUT2D eigenvalue weighted by atomic mass is 16.5. The Balaban J connectivity index is 1.92. The van der Waals surface area contributed by atoms with Crippen molar-refractivity contribution in [2.45, 2.75) is 6.10 Å². The second-order valence-electron chi connectivity index (χ2n) is 4.05. The summed E-state index contributed by atoms with van der Waals surface area (Å²) >= 11 is 0. The van der Waals surface area contributed by atoms with Crippen molar-refractivity contribution >= 4 is 0 Å². The molecule has 0 saturated heterocycles. The van der Waals surface area contributed by atoms with Gasteiger partial charge in [0.05, 0.1) is 0 Å². The van der Waals surface area contributed by atoms with Crippen LogP contribution in [0.15, 0.2) is 73.3 Å². The lowest BCUT2D eigenvalue weighted by atomic mass is 10.1. The molecular weight excluding hydrogens is 232 g/mol. The molecule has 94 valence electrons. The van der Waals surface area contributed by atoms with E-state index in [0.29, 0.717) is 6.61 Å². The van der Waals surface area contributed by atoms with Crippen LogP contribution in [0.2, 0.25) is 0 Å². The minimum Gasteiger partial charge on any atom is -0.357 e. The average Bonchev–Trinajstić information content (AvgIpc) is 2.49. The van der Waals surface area contributed by atoms with E-state index in [1.54, 1.807) is 6.08 Å². The van der Waals surface area contributed by atoms with Crippen LogP contribution in [0, 0.1) is 11.8 Å². The molecule has 2 rings (SSSR count). The van der Waals surface area contributed by atoms with Gasteiger partial charge in [-0.25, -0.2) is 0 Å². The van der Waals surface area contributed by atoms with Crippen molar-refractivity contribution in [1.29, 1.82) is 0 Å². The van der Waals surface area contributed by atoms with Gasteiger partial charge in [0.1, 0.15) is 12.7 Å². The van der Waals surface area contributed by atoms with E-state index in [4.69, 9.17) is 4.74 Å². The van der Waals surface area contributed by atoms with Gasteiger partial charge in [-0.15, -0.1) is 6.58 Å². The second-order valence-corrected chi connectivity index (χ2v) is 4.05. The summed E-state index contributed by atoms with van der Waals surface area (Å²) in [6, 6.07) is 19.9. The van der Waals surface area contributed by atoms with Crippen LogP contribution in [-0.2, 0) is 4.74 Å². The Hall–Kier alpha value is -2.30. The van der Waals surface area contributed by atoms with Gasteiger partial charge in [-0.3, -0.25) is 0 Å². The minimum absolute atomic E-state index is 0.105. The highest BCUT2D eigenvalue weighted by Gasteiger charge is 2.05. The van der Waals surface area contributed by atoms with Crippen LogP contribution >= 0.6 is 0 Å². The Morgan fingerprint density at radius 3 is 2.26 bits per heavy atom. The zero-order chi connectivity index (χ0) is 13.3. The Kier molecular flexibility index (Phi) is 4.98. The zero-order valence-corrected chi connectivity index (χ0v) is 10.8. The molecule has 0 aliphatic heterocycles. The Morgan fingerprint density at radius 1 is 1.00 bits per heavy atom. The van der Waals surface area contributed by atoms with Gasteiger partial charge in [0.25, 0.3) is 0 Å². The van der Waals surface area contributed by atoms with E-state index in [9.17, 15) is 0 Å². The van der Waals surface area contributed by atoms with E-state index >= 15 is 0 Å². The molecule has 19 heavy (non-hydrogen) atoms. The van der Waals surface area contributed by atoms with Crippen molar-refractivity contribution in [3.05, 3.63) is 84.4 Å². The summed E-state index contributed by atoms with van der Waals surface area (Å²) in [6.45, 7) is 4.19. The van der Waals surface area contributed by atoms with Gasteiger partial charge < -0.3 is 4.74 Å². The third kappa shape index (κ3) is 4.13. The largest absolute Gasteiger partial charge is 0.357 e. The predicted octanol–water partition coefficient (Wildman–Crippen LogP) is 3.98. The van der Waals surface area contributed by atoms with Crippen LogP contribution in [0.25, 0.3) is 0 Å². The fourth-order valence-corrected chi connectivity index (χ4v) is 1.73. The molecular formula is C18H16O. The van der Waals surface area contributed by atoms with E-state index < -0.39 is 0 Å². The van der Waals surface area contributed by atoms with E-state index in [0.717, 1.165) is 11.1 Å². The quantitative estimate of drug-likeness (QED) is 0.587. The zero-order valence-electron chi connectivity index (χ0n) is 10.8. The van der Waals surface area contributed by atoms with Crippen LogP contribution in [0.5, 0.6) is 0 Å². The highest BCUT2D eigenvalue weighted by molar-refractivity contribution is 5.33. The molecule has 1 atom stereocenters. The lowest BCUT2D eigenvalue weighted by Crippen LogP contribution is -2.01. The van der Waals surface area contributed by atoms with Gasteiger partial charge in [0, 0.05) is 5.56 Å². The summed E-state index contributed by atoms with van der Waals surface area (Å²) in [4.78, 5) is 0. The molecule has 0 spiro atoms. The third-order valence-corrected chi connectivity index (χ3v) is 2.68. The molecule has 0 fully saturated rings. The molecule has 2 aromatic carbocycles. The number of benzene rings is 2. The van der Waals surface area contributed by atoms with E-state index in [2.05, 4.69) is 18.4 Å². The lowest BCUT2D eigenvalue weighted by Gasteiger charge is -2.11. The smallest absolute Gasteiger partial charge is 0.109 e. The molecule has 0 heterocycles. The Bertz CT molecular complexity index is 561. The van der Waals surface area contributed by atoms with Crippen molar-refractivity contribution in [3.8, 4) is 11.8 Å². The second kappa shape index (κ2) is 7.20. The summed E-state index contributed by atoms with van der Waals surface area (Å²) in [7, 11) is 0. The summed E-state index contributed by atoms with van der Waals surface area (Å²) in [6.07, 6.45) is 1.69. The molecule has 0 amide bonds. The molecule has 1 heteroatoms. The van der Waals surface area contributed by atoms with Gasteiger partial charge in [0.15, 0.2) is 0 Å². The Labute approximate surface area is 114 Å². The summed E-state index contributed by atoms with van der Waals surface area (Å²) in [5, 5.41) is 0. The number of hydrogen-bond donors (Lipinski definition) is 0. The van der Waals surface area contributed by atoms with Crippen LogP contribution < -0.4 is 0 Å². The number of ether oxygens (including phenoxy) is 1. The fourth-order valence-electron chi connectivity index (χ4n) is 1.73. The van der Waals surface area contributed by atoms with Crippen LogP contribution in [-0.4, -0.2) is 6.61 Å². The molecule has 1 nitrogen and oxygen atoms in total. The molecule has 2 aromatic rings. The first-order valence-corrected chi connectivity index (χ1v) is 6.23. The van der Waals surface area contributed by atoms with Gasteiger partial charge in [-0.1, -0.05) is 66.4 Å². The van der Waals surface area contributed by atoms with Gasteiger partial charge in [-0.05, 0) is 17.7 Å². The van der Waals surface area contributed by atoms with Crippen LogP contribution in [0.1, 0.15) is 17.2 Å². The van der Waals surface area contributed by atoms with Crippen molar-refractivity contribution in [2.75, 3.05) is 6.61 Å². The molecule has 0 saturated carbocycles. The van der Waals surface area contributed by atoms with Crippen LogP contribution in [0.3, 0.4) is 0 Å². The monoisotopic (exact) mass is 248 g/mol. The first-order valence-electron chi connectivity index (χ1n) is 6.23. The van der Waals surface area contributed by atoms with Gasteiger partial charge >= 0.3 is 0 Å². The average molecular weight is 248 g/mol. The number of hydrogen-bond acceptors (Lipinski definition) is 1. The van der Waals surface area contributed by atoms with Crippen molar-refractivity contribution < 1.29 is 4.74 Å².